The maximum Gasteiger partial charge on any atom is 0.188 e. The molecule has 0 fully saturated rings. The smallest absolute Gasteiger partial charge is 0.188 e. The van der Waals surface area contributed by atoms with Gasteiger partial charge in [0.25, 0.3) is 0 Å². The number of rotatable bonds is 3. The third kappa shape index (κ3) is 2.92. The zero-order valence-corrected chi connectivity index (χ0v) is 9.24. The highest BCUT2D eigenvalue weighted by atomic mass is 16.7. The molecule has 0 saturated carbocycles. The molecule has 1 aliphatic heterocycles. The summed E-state index contributed by atoms with van der Waals surface area (Å²) in [5, 5.41) is 9.63. The zero-order chi connectivity index (χ0) is 11.4. The molecule has 0 unspecified atom stereocenters. The van der Waals surface area contributed by atoms with Gasteiger partial charge in [-0.1, -0.05) is 42.5 Å². The minimum absolute atomic E-state index is 0.0100. The average molecular weight is 220 g/mol. The molecule has 0 aromatic heterocycles. The summed E-state index contributed by atoms with van der Waals surface area (Å²) in [4.78, 5) is 0. The molecule has 1 aromatic rings. The van der Waals surface area contributed by atoms with Gasteiger partial charge in [0.2, 0.25) is 0 Å². The Balaban J connectivity index is 1.88. The van der Waals surface area contributed by atoms with Crippen LogP contribution in [0.4, 0.5) is 0 Å². The van der Waals surface area contributed by atoms with E-state index < -0.39 is 12.4 Å². The van der Waals surface area contributed by atoms with Crippen LogP contribution in [-0.2, 0) is 16.1 Å². The largest absolute Gasteiger partial charge is 0.384 e. The van der Waals surface area contributed by atoms with Gasteiger partial charge in [0.15, 0.2) is 6.29 Å². The summed E-state index contributed by atoms with van der Waals surface area (Å²) >= 11 is 0. The van der Waals surface area contributed by atoms with E-state index in [-0.39, 0.29) is 6.10 Å². The van der Waals surface area contributed by atoms with Crippen molar-refractivity contribution in [3.63, 3.8) is 0 Å². The minimum Gasteiger partial charge on any atom is -0.384 e. The Bertz CT molecular complexity index is 347. The SMILES string of the molecule is C[C@H]1C=C[C@@H](O)[C@H](OCc2ccccc2)O1. The number of aliphatic hydroxyl groups excluding tert-OH is 1. The van der Waals surface area contributed by atoms with Crippen LogP contribution in [0.3, 0.4) is 0 Å². The first-order valence-corrected chi connectivity index (χ1v) is 5.43. The fourth-order valence-corrected chi connectivity index (χ4v) is 1.59. The van der Waals surface area contributed by atoms with Crippen LogP contribution < -0.4 is 0 Å². The number of aliphatic hydroxyl groups is 1. The number of ether oxygens (including phenoxy) is 2. The lowest BCUT2D eigenvalue weighted by Crippen LogP contribution is -2.36. The molecule has 1 heterocycles. The van der Waals surface area contributed by atoms with Crippen molar-refractivity contribution in [2.24, 2.45) is 0 Å². The molecule has 3 heteroatoms. The van der Waals surface area contributed by atoms with E-state index in [9.17, 15) is 5.11 Å². The molecule has 86 valence electrons. The maximum atomic E-state index is 9.63. The van der Waals surface area contributed by atoms with Gasteiger partial charge in [-0.3, -0.25) is 0 Å². The van der Waals surface area contributed by atoms with Crippen LogP contribution in [-0.4, -0.2) is 23.6 Å². The molecule has 0 radical (unpaired) electrons. The Morgan fingerprint density at radius 3 is 2.75 bits per heavy atom. The Morgan fingerprint density at radius 2 is 2.00 bits per heavy atom. The van der Waals surface area contributed by atoms with Gasteiger partial charge in [-0.2, -0.15) is 0 Å². The molecule has 1 aromatic carbocycles. The van der Waals surface area contributed by atoms with Crippen LogP contribution >= 0.6 is 0 Å². The van der Waals surface area contributed by atoms with Crippen molar-refractivity contribution in [2.75, 3.05) is 0 Å². The Hall–Kier alpha value is -1.16. The molecule has 16 heavy (non-hydrogen) atoms. The molecule has 2 rings (SSSR count). The van der Waals surface area contributed by atoms with E-state index in [0.29, 0.717) is 6.61 Å². The lowest BCUT2D eigenvalue weighted by molar-refractivity contribution is -0.206. The van der Waals surface area contributed by atoms with Crippen molar-refractivity contribution < 1.29 is 14.6 Å². The summed E-state index contributed by atoms with van der Waals surface area (Å²) < 4.78 is 11.0. The topological polar surface area (TPSA) is 38.7 Å². The van der Waals surface area contributed by atoms with E-state index in [2.05, 4.69) is 0 Å². The number of benzene rings is 1. The van der Waals surface area contributed by atoms with Gasteiger partial charge in [0.1, 0.15) is 6.10 Å². The Morgan fingerprint density at radius 1 is 1.25 bits per heavy atom. The van der Waals surface area contributed by atoms with Crippen molar-refractivity contribution >= 4 is 0 Å². The molecule has 3 atom stereocenters. The number of hydrogen-bond acceptors (Lipinski definition) is 3. The summed E-state index contributed by atoms with van der Waals surface area (Å²) in [6, 6.07) is 9.84. The standard InChI is InChI=1S/C13H16O3/c1-10-7-8-12(14)13(16-10)15-9-11-5-3-2-4-6-11/h2-8,10,12-14H,9H2,1H3/t10-,12+,13+/m0/s1. The summed E-state index contributed by atoms with van der Waals surface area (Å²) in [5.74, 6) is 0. The summed E-state index contributed by atoms with van der Waals surface area (Å²) in [6.45, 7) is 2.37. The highest BCUT2D eigenvalue weighted by molar-refractivity contribution is 5.13. The first-order chi connectivity index (χ1) is 7.75. The normalized spacial score (nSPS) is 29.2. The van der Waals surface area contributed by atoms with Gasteiger partial charge in [0, 0.05) is 0 Å². The van der Waals surface area contributed by atoms with Crippen molar-refractivity contribution in [3.8, 4) is 0 Å². The molecule has 0 saturated heterocycles. The van der Waals surface area contributed by atoms with Gasteiger partial charge in [-0.05, 0) is 12.5 Å². The van der Waals surface area contributed by atoms with Gasteiger partial charge in [-0.25, -0.2) is 0 Å². The third-order valence-corrected chi connectivity index (χ3v) is 2.46. The van der Waals surface area contributed by atoms with Crippen LogP contribution in [0.1, 0.15) is 12.5 Å². The van der Waals surface area contributed by atoms with Crippen LogP contribution in [0, 0.1) is 0 Å². The predicted octanol–water partition coefficient (Wildman–Crippen LogP) is 1.87. The highest BCUT2D eigenvalue weighted by Gasteiger charge is 2.23. The molecular formula is C13H16O3. The minimum atomic E-state index is -0.681. The molecule has 0 aliphatic carbocycles. The molecule has 1 aliphatic rings. The Kier molecular flexibility index (Phi) is 3.72. The first kappa shape index (κ1) is 11.3. The second kappa shape index (κ2) is 5.25. The van der Waals surface area contributed by atoms with Gasteiger partial charge in [-0.15, -0.1) is 0 Å². The Labute approximate surface area is 95.3 Å². The average Bonchev–Trinajstić information content (AvgIpc) is 2.32. The fraction of sp³-hybridized carbons (Fsp3) is 0.385. The molecule has 0 spiro atoms. The predicted molar refractivity (Wildman–Crippen MR) is 60.7 cm³/mol. The summed E-state index contributed by atoms with van der Waals surface area (Å²) in [5.41, 5.74) is 1.07. The first-order valence-electron chi connectivity index (χ1n) is 5.43. The fourth-order valence-electron chi connectivity index (χ4n) is 1.59. The number of hydrogen-bond donors (Lipinski definition) is 1. The van der Waals surface area contributed by atoms with Crippen molar-refractivity contribution in [2.45, 2.75) is 32.0 Å². The van der Waals surface area contributed by atoms with E-state index in [4.69, 9.17) is 9.47 Å². The van der Waals surface area contributed by atoms with Crippen LogP contribution in [0.5, 0.6) is 0 Å². The molecule has 1 N–H and O–H groups in total. The van der Waals surface area contributed by atoms with Crippen LogP contribution in [0.25, 0.3) is 0 Å². The molecule has 3 nitrogen and oxygen atoms in total. The summed E-state index contributed by atoms with van der Waals surface area (Å²) in [7, 11) is 0. The second-order valence-electron chi connectivity index (χ2n) is 3.88. The van der Waals surface area contributed by atoms with Gasteiger partial charge in [0.05, 0.1) is 12.7 Å². The second-order valence-corrected chi connectivity index (χ2v) is 3.88. The zero-order valence-electron chi connectivity index (χ0n) is 9.24. The van der Waals surface area contributed by atoms with Crippen LogP contribution in [0.15, 0.2) is 42.5 Å². The van der Waals surface area contributed by atoms with Crippen molar-refractivity contribution in [1.29, 1.82) is 0 Å². The van der Waals surface area contributed by atoms with Gasteiger partial charge < -0.3 is 14.6 Å². The van der Waals surface area contributed by atoms with Crippen molar-refractivity contribution in [1.82, 2.24) is 0 Å². The molecule has 0 bridgehead atoms. The lowest BCUT2D eigenvalue weighted by atomic mass is 10.2. The monoisotopic (exact) mass is 220 g/mol. The molecule has 0 amide bonds. The summed E-state index contributed by atoms with van der Waals surface area (Å²) in [6.07, 6.45) is 2.28. The third-order valence-electron chi connectivity index (χ3n) is 2.46. The van der Waals surface area contributed by atoms with Gasteiger partial charge >= 0.3 is 0 Å². The van der Waals surface area contributed by atoms with E-state index in [0.717, 1.165) is 5.56 Å². The highest BCUT2D eigenvalue weighted by Crippen LogP contribution is 2.15. The van der Waals surface area contributed by atoms with E-state index in [1.54, 1.807) is 6.08 Å². The van der Waals surface area contributed by atoms with E-state index in [1.807, 2.05) is 43.3 Å². The lowest BCUT2D eigenvalue weighted by Gasteiger charge is -2.27. The van der Waals surface area contributed by atoms with E-state index in [1.165, 1.54) is 0 Å². The van der Waals surface area contributed by atoms with E-state index >= 15 is 0 Å². The molecular weight excluding hydrogens is 204 g/mol. The van der Waals surface area contributed by atoms with Crippen molar-refractivity contribution in [3.05, 3.63) is 48.0 Å². The quantitative estimate of drug-likeness (QED) is 0.790. The van der Waals surface area contributed by atoms with Crippen LogP contribution in [0.2, 0.25) is 0 Å². The maximum absolute atomic E-state index is 9.63.